The zero-order valence-corrected chi connectivity index (χ0v) is 20.6. The molecule has 0 radical (unpaired) electrons. The van der Waals surface area contributed by atoms with E-state index in [0.29, 0.717) is 5.69 Å². The van der Waals surface area contributed by atoms with E-state index in [1.807, 2.05) is 49.4 Å². The summed E-state index contributed by atoms with van der Waals surface area (Å²) in [6.45, 7) is 3.65. The first kappa shape index (κ1) is 23.4. The first-order valence-corrected chi connectivity index (χ1v) is 12.7. The fraction of sp³-hybridized carbons (Fsp3) is 0.200. The summed E-state index contributed by atoms with van der Waals surface area (Å²) in [6, 6.07) is 20.6. The molecule has 0 aromatic heterocycles. The van der Waals surface area contributed by atoms with Gasteiger partial charge in [0.1, 0.15) is 6.04 Å². The quantitative estimate of drug-likeness (QED) is 0.430. The molecule has 0 saturated carbocycles. The van der Waals surface area contributed by atoms with E-state index in [0.717, 1.165) is 20.5 Å². The highest BCUT2D eigenvalue weighted by Crippen LogP contribution is 2.35. The molecule has 0 bridgehead atoms. The second-order valence-corrected chi connectivity index (χ2v) is 10.8. The van der Waals surface area contributed by atoms with Crippen LogP contribution in [0.5, 0.6) is 0 Å². The summed E-state index contributed by atoms with van der Waals surface area (Å²) in [6.07, 6.45) is -0.223. The lowest BCUT2D eigenvalue weighted by molar-refractivity contribution is -0.122. The van der Waals surface area contributed by atoms with Crippen molar-refractivity contribution in [2.45, 2.75) is 37.2 Å². The Balaban J connectivity index is 1.79. The van der Waals surface area contributed by atoms with Gasteiger partial charge >= 0.3 is 0 Å². The van der Waals surface area contributed by atoms with E-state index in [2.05, 4.69) is 15.9 Å². The minimum atomic E-state index is -4.10. The Morgan fingerprint density at radius 1 is 0.939 bits per heavy atom. The molecule has 2 unspecified atom stereocenters. The summed E-state index contributed by atoms with van der Waals surface area (Å²) in [5.74, 6) is -0.975. The second kappa shape index (κ2) is 9.21. The van der Waals surface area contributed by atoms with Crippen LogP contribution in [0.4, 0.5) is 5.69 Å². The number of anilines is 1. The van der Waals surface area contributed by atoms with E-state index in [1.165, 1.54) is 16.4 Å². The third kappa shape index (κ3) is 4.51. The van der Waals surface area contributed by atoms with Crippen molar-refractivity contribution in [2.24, 2.45) is 0 Å². The topological polar surface area (TPSA) is 74.8 Å². The van der Waals surface area contributed by atoms with E-state index in [9.17, 15) is 18.0 Å². The fourth-order valence-corrected chi connectivity index (χ4v) is 6.06. The monoisotopic (exact) mass is 526 g/mol. The lowest BCUT2D eigenvalue weighted by Crippen LogP contribution is -2.46. The van der Waals surface area contributed by atoms with Crippen molar-refractivity contribution in [1.82, 2.24) is 4.31 Å². The Kier molecular flexibility index (Phi) is 6.52. The molecular weight excluding hydrogens is 504 g/mol. The molecule has 1 saturated heterocycles. The van der Waals surface area contributed by atoms with E-state index in [1.54, 1.807) is 31.2 Å². The van der Waals surface area contributed by atoms with Gasteiger partial charge in [0.25, 0.3) is 5.91 Å². The van der Waals surface area contributed by atoms with Gasteiger partial charge in [0.05, 0.1) is 17.0 Å². The summed E-state index contributed by atoms with van der Waals surface area (Å²) < 4.78 is 29.5. The Morgan fingerprint density at radius 2 is 1.55 bits per heavy atom. The minimum Gasteiger partial charge on any atom is -0.274 e. The van der Waals surface area contributed by atoms with Crippen molar-refractivity contribution in [3.8, 4) is 0 Å². The number of carbonyl (C=O) groups excluding carboxylic acids is 2. The lowest BCUT2D eigenvalue weighted by atomic mass is 10.1. The van der Waals surface area contributed by atoms with Crippen LogP contribution in [0.2, 0.25) is 0 Å². The molecule has 3 aromatic rings. The standard InChI is InChI=1S/C25H23BrN2O4S/c1-17-8-12-21(13-9-17)27-24(29)16-23(25(27)30)28(18(2)19-6-4-3-5-7-19)33(31,32)22-14-10-20(26)11-15-22/h3-15,18,23H,16H2,1-2H3. The number of imide groups is 1. The van der Waals surface area contributed by atoms with Crippen molar-refractivity contribution < 1.29 is 18.0 Å². The van der Waals surface area contributed by atoms with Crippen LogP contribution in [-0.4, -0.2) is 30.6 Å². The van der Waals surface area contributed by atoms with Crippen molar-refractivity contribution >= 4 is 43.5 Å². The number of hydrogen-bond donors (Lipinski definition) is 0. The van der Waals surface area contributed by atoms with Gasteiger partial charge in [-0.15, -0.1) is 0 Å². The largest absolute Gasteiger partial charge is 0.274 e. The molecular formula is C25H23BrN2O4S. The van der Waals surface area contributed by atoms with Crippen LogP contribution in [-0.2, 0) is 19.6 Å². The van der Waals surface area contributed by atoms with Crippen molar-refractivity contribution in [3.63, 3.8) is 0 Å². The van der Waals surface area contributed by atoms with Gasteiger partial charge in [0.15, 0.2) is 0 Å². The van der Waals surface area contributed by atoms with Crippen molar-refractivity contribution in [2.75, 3.05) is 4.90 Å². The average Bonchev–Trinajstić information content (AvgIpc) is 3.08. The van der Waals surface area contributed by atoms with Crippen LogP contribution in [0.25, 0.3) is 0 Å². The number of nitrogens with zero attached hydrogens (tertiary/aromatic N) is 2. The predicted molar refractivity (Wildman–Crippen MR) is 130 cm³/mol. The Hall–Kier alpha value is -2.81. The summed E-state index contributed by atoms with van der Waals surface area (Å²) in [4.78, 5) is 27.6. The van der Waals surface area contributed by atoms with Crippen molar-refractivity contribution in [3.05, 3.63) is 94.5 Å². The van der Waals surface area contributed by atoms with Crippen LogP contribution in [0.1, 0.15) is 30.5 Å². The molecule has 8 heteroatoms. The van der Waals surface area contributed by atoms with E-state index < -0.39 is 33.9 Å². The number of rotatable bonds is 6. The average molecular weight is 527 g/mol. The summed E-state index contributed by atoms with van der Waals surface area (Å²) >= 11 is 3.32. The fourth-order valence-electron chi connectivity index (χ4n) is 4.03. The van der Waals surface area contributed by atoms with E-state index >= 15 is 0 Å². The highest BCUT2D eigenvalue weighted by atomic mass is 79.9. The Morgan fingerprint density at radius 3 is 2.15 bits per heavy atom. The maximum atomic E-state index is 13.8. The van der Waals surface area contributed by atoms with Gasteiger partial charge in [-0.25, -0.2) is 13.3 Å². The highest BCUT2D eigenvalue weighted by Gasteiger charge is 2.48. The predicted octanol–water partition coefficient (Wildman–Crippen LogP) is 4.84. The molecule has 6 nitrogen and oxygen atoms in total. The lowest BCUT2D eigenvalue weighted by Gasteiger charge is -2.32. The maximum absolute atomic E-state index is 13.8. The maximum Gasteiger partial charge on any atom is 0.252 e. The molecule has 0 aliphatic carbocycles. The van der Waals surface area contributed by atoms with Crippen LogP contribution < -0.4 is 4.90 Å². The van der Waals surface area contributed by atoms with Crippen LogP contribution in [0.3, 0.4) is 0 Å². The molecule has 3 aromatic carbocycles. The molecule has 1 aliphatic rings. The Labute approximate surface area is 202 Å². The third-order valence-corrected chi connectivity index (χ3v) is 8.30. The van der Waals surface area contributed by atoms with Gasteiger partial charge < -0.3 is 0 Å². The van der Waals surface area contributed by atoms with Gasteiger partial charge in [0.2, 0.25) is 15.9 Å². The van der Waals surface area contributed by atoms with E-state index in [-0.39, 0.29) is 11.3 Å². The normalized spacial score (nSPS) is 17.6. The summed E-state index contributed by atoms with van der Waals surface area (Å²) in [5, 5.41) is 0. The first-order valence-electron chi connectivity index (χ1n) is 10.5. The van der Waals surface area contributed by atoms with Gasteiger partial charge in [-0.1, -0.05) is 64.0 Å². The van der Waals surface area contributed by atoms with Gasteiger partial charge in [0, 0.05) is 10.5 Å². The molecule has 0 N–H and O–H groups in total. The molecule has 1 fully saturated rings. The SMILES string of the molecule is Cc1ccc(N2C(=O)CC(N(C(C)c3ccccc3)S(=O)(=O)c3ccc(Br)cc3)C2=O)cc1. The number of benzene rings is 3. The molecule has 2 amide bonds. The number of carbonyl (C=O) groups is 2. The van der Waals surface area contributed by atoms with Crippen molar-refractivity contribution in [1.29, 1.82) is 0 Å². The van der Waals surface area contributed by atoms with Crippen LogP contribution in [0, 0.1) is 6.92 Å². The van der Waals surface area contributed by atoms with Gasteiger partial charge in [-0.2, -0.15) is 4.31 Å². The molecule has 1 heterocycles. The smallest absolute Gasteiger partial charge is 0.252 e. The molecule has 0 spiro atoms. The number of halogens is 1. The molecule has 1 aliphatic heterocycles. The molecule has 2 atom stereocenters. The van der Waals surface area contributed by atoms with E-state index in [4.69, 9.17) is 0 Å². The second-order valence-electron chi connectivity index (χ2n) is 8.00. The summed E-state index contributed by atoms with van der Waals surface area (Å²) in [5.41, 5.74) is 2.16. The highest BCUT2D eigenvalue weighted by molar-refractivity contribution is 9.10. The van der Waals surface area contributed by atoms with Gasteiger partial charge in [-0.3, -0.25) is 9.59 Å². The summed E-state index contributed by atoms with van der Waals surface area (Å²) in [7, 11) is -4.10. The zero-order chi connectivity index (χ0) is 23.8. The zero-order valence-electron chi connectivity index (χ0n) is 18.2. The molecule has 170 valence electrons. The Bertz CT molecular complexity index is 1280. The van der Waals surface area contributed by atoms with Gasteiger partial charge in [-0.05, 0) is 55.8 Å². The molecule has 4 rings (SSSR count). The number of sulfonamides is 1. The molecule has 33 heavy (non-hydrogen) atoms. The first-order chi connectivity index (χ1) is 15.7. The number of amides is 2. The third-order valence-electron chi connectivity index (χ3n) is 5.77. The van der Waals surface area contributed by atoms with Crippen LogP contribution >= 0.6 is 15.9 Å². The van der Waals surface area contributed by atoms with Crippen LogP contribution in [0.15, 0.2) is 88.2 Å². The minimum absolute atomic E-state index is 0.0579. The number of aryl methyl sites for hydroxylation is 1. The number of hydrogen-bond acceptors (Lipinski definition) is 4.